The third-order valence-electron chi connectivity index (χ3n) is 5.50. The van der Waals surface area contributed by atoms with Crippen molar-refractivity contribution in [2.45, 2.75) is 45.4 Å². The van der Waals surface area contributed by atoms with Gasteiger partial charge in [-0.1, -0.05) is 29.8 Å². The van der Waals surface area contributed by atoms with Crippen molar-refractivity contribution in [1.82, 2.24) is 4.57 Å². The van der Waals surface area contributed by atoms with Crippen LogP contribution in [0.25, 0.3) is 0 Å². The standard InChI is InChI=1S/C23H25N3O2/c1-18-4-2-5-20(14-18)16-24-13-3-6-23(24)17-25(21-11-12-21)15-19-7-9-22(10-8-19)26(27)28/h2-10,13-14,21H,11-12,15-17H2,1H3/p+1. The second-order valence-electron chi connectivity index (χ2n) is 7.83. The highest BCUT2D eigenvalue weighted by atomic mass is 16.6. The molecule has 0 aliphatic heterocycles. The molecule has 1 fully saturated rings. The lowest BCUT2D eigenvalue weighted by Gasteiger charge is -2.20. The van der Waals surface area contributed by atoms with Crippen LogP contribution >= 0.6 is 0 Å². The molecule has 0 saturated heterocycles. The van der Waals surface area contributed by atoms with Gasteiger partial charge in [-0.25, -0.2) is 0 Å². The zero-order valence-corrected chi connectivity index (χ0v) is 16.2. The summed E-state index contributed by atoms with van der Waals surface area (Å²) in [6, 6.07) is 20.7. The van der Waals surface area contributed by atoms with E-state index < -0.39 is 0 Å². The Kier molecular flexibility index (Phi) is 5.26. The van der Waals surface area contributed by atoms with Gasteiger partial charge in [-0.05, 0) is 36.8 Å². The number of nitrogens with zero attached hydrogens (tertiary/aromatic N) is 2. The minimum Gasteiger partial charge on any atom is -0.342 e. The van der Waals surface area contributed by atoms with E-state index in [1.807, 2.05) is 12.1 Å². The minimum absolute atomic E-state index is 0.156. The van der Waals surface area contributed by atoms with E-state index >= 15 is 0 Å². The highest BCUT2D eigenvalue weighted by molar-refractivity contribution is 5.32. The van der Waals surface area contributed by atoms with Crippen LogP contribution in [-0.2, 0) is 19.6 Å². The van der Waals surface area contributed by atoms with Gasteiger partial charge >= 0.3 is 0 Å². The topological polar surface area (TPSA) is 52.5 Å². The lowest BCUT2D eigenvalue weighted by molar-refractivity contribution is -0.938. The van der Waals surface area contributed by atoms with Crippen LogP contribution < -0.4 is 4.90 Å². The van der Waals surface area contributed by atoms with Crippen LogP contribution in [0.2, 0.25) is 0 Å². The second-order valence-corrected chi connectivity index (χ2v) is 7.83. The summed E-state index contributed by atoms with van der Waals surface area (Å²) in [5.41, 5.74) is 5.26. The van der Waals surface area contributed by atoms with Crippen LogP contribution in [0.5, 0.6) is 0 Å². The highest BCUT2D eigenvalue weighted by Crippen LogP contribution is 2.18. The molecule has 1 aliphatic rings. The maximum atomic E-state index is 10.9. The Hall–Kier alpha value is -2.92. The predicted molar refractivity (Wildman–Crippen MR) is 109 cm³/mol. The Balaban J connectivity index is 1.47. The summed E-state index contributed by atoms with van der Waals surface area (Å²) in [4.78, 5) is 12.1. The third kappa shape index (κ3) is 4.49. The van der Waals surface area contributed by atoms with E-state index in [1.54, 1.807) is 12.1 Å². The molecule has 3 aromatic rings. The Bertz CT molecular complexity index is 958. The number of aromatic nitrogens is 1. The fourth-order valence-corrected chi connectivity index (χ4v) is 3.84. The second kappa shape index (κ2) is 7.98. The summed E-state index contributed by atoms with van der Waals surface area (Å²) in [6.07, 6.45) is 4.69. The van der Waals surface area contributed by atoms with Crippen LogP contribution in [0.15, 0.2) is 66.9 Å². The normalized spacial score (nSPS) is 14.8. The largest absolute Gasteiger partial charge is 0.342 e. The number of benzene rings is 2. The molecule has 1 atom stereocenters. The molecule has 0 radical (unpaired) electrons. The van der Waals surface area contributed by atoms with E-state index in [-0.39, 0.29) is 10.6 Å². The fourth-order valence-electron chi connectivity index (χ4n) is 3.84. The molecule has 28 heavy (non-hydrogen) atoms. The third-order valence-corrected chi connectivity index (χ3v) is 5.50. The van der Waals surface area contributed by atoms with E-state index in [2.05, 4.69) is 54.1 Å². The lowest BCUT2D eigenvalue weighted by atomic mass is 10.1. The number of non-ortho nitro benzene ring substituents is 1. The molecule has 0 spiro atoms. The first-order valence-corrected chi connectivity index (χ1v) is 9.86. The molecule has 1 unspecified atom stereocenters. The van der Waals surface area contributed by atoms with Gasteiger partial charge in [-0.3, -0.25) is 10.1 Å². The monoisotopic (exact) mass is 376 g/mol. The van der Waals surface area contributed by atoms with E-state index in [0.29, 0.717) is 6.04 Å². The molecule has 1 aromatic heterocycles. The average Bonchev–Trinajstić information content (AvgIpc) is 3.44. The number of nitrogens with one attached hydrogen (secondary N) is 1. The number of hydrogen-bond donors (Lipinski definition) is 1. The number of aryl methyl sites for hydroxylation is 1. The van der Waals surface area contributed by atoms with Crippen molar-refractivity contribution in [3.05, 3.63) is 99.4 Å². The van der Waals surface area contributed by atoms with Crippen molar-refractivity contribution >= 4 is 5.69 Å². The van der Waals surface area contributed by atoms with Crippen molar-refractivity contribution in [2.24, 2.45) is 0 Å². The van der Waals surface area contributed by atoms with Gasteiger partial charge in [-0.2, -0.15) is 0 Å². The maximum absolute atomic E-state index is 10.9. The molecule has 4 rings (SSSR count). The maximum Gasteiger partial charge on any atom is 0.269 e. The molecular formula is C23H26N3O2+. The SMILES string of the molecule is Cc1cccc(Cn2cccc2C[NH+](Cc2ccc([N+](=O)[O-])cc2)C2CC2)c1. The van der Waals surface area contributed by atoms with Gasteiger partial charge in [0.15, 0.2) is 0 Å². The summed E-state index contributed by atoms with van der Waals surface area (Å²) < 4.78 is 2.34. The molecule has 1 N–H and O–H groups in total. The lowest BCUT2D eigenvalue weighted by Crippen LogP contribution is -3.10. The van der Waals surface area contributed by atoms with Crippen LogP contribution in [0.1, 0.15) is 35.2 Å². The molecule has 1 heterocycles. The Morgan fingerprint density at radius 3 is 2.50 bits per heavy atom. The number of rotatable bonds is 8. The number of nitro groups is 1. The Morgan fingerprint density at radius 1 is 1.04 bits per heavy atom. The molecule has 0 bridgehead atoms. The van der Waals surface area contributed by atoms with E-state index in [0.717, 1.165) is 25.2 Å². The Labute approximate surface area is 165 Å². The zero-order valence-electron chi connectivity index (χ0n) is 16.2. The number of quaternary nitrogens is 1. The molecule has 144 valence electrons. The number of nitro benzene ring substituents is 1. The number of hydrogen-bond acceptors (Lipinski definition) is 2. The van der Waals surface area contributed by atoms with E-state index in [4.69, 9.17) is 0 Å². The van der Waals surface area contributed by atoms with Gasteiger partial charge in [0.05, 0.1) is 16.7 Å². The first-order valence-electron chi connectivity index (χ1n) is 9.86. The first kappa shape index (κ1) is 18.4. The van der Waals surface area contributed by atoms with E-state index in [9.17, 15) is 10.1 Å². The van der Waals surface area contributed by atoms with E-state index in [1.165, 1.54) is 34.6 Å². The van der Waals surface area contributed by atoms with Crippen LogP contribution in [-0.4, -0.2) is 15.5 Å². The zero-order chi connectivity index (χ0) is 19.5. The van der Waals surface area contributed by atoms with Crippen molar-refractivity contribution in [3.63, 3.8) is 0 Å². The van der Waals surface area contributed by atoms with Gasteiger partial charge in [0.1, 0.15) is 13.1 Å². The van der Waals surface area contributed by atoms with Crippen LogP contribution in [0.4, 0.5) is 5.69 Å². The Morgan fingerprint density at radius 2 is 1.82 bits per heavy atom. The quantitative estimate of drug-likeness (QED) is 0.483. The smallest absolute Gasteiger partial charge is 0.269 e. The molecule has 0 amide bonds. The van der Waals surface area contributed by atoms with Crippen LogP contribution in [0.3, 0.4) is 0 Å². The summed E-state index contributed by atoms with van der Waals surface area (Å²) in [6.45, 7) is 4.89. The average molecular weight is 376 g/mol. The molecule has 5 nitrogen and oxygen atoms in total. The molecule has 1 saturated carbocycles. The predicted octanol–water partition coefficient (Wildman–Crippen LogP) is 3.50. The van der Waals surface area contributed by atoms with Crippen molar-refractivity contribution in [3.8, 4) is 0 Å². The van der Waals surface area contributed by atoms with Gasteiger partial charge in [0.2, 0.25) is 0 Å². The van der Waals surface area contributed by atoms with Crippen molar-refractivity contribution in [1.29, 1.82) is 0 Å². The first-order chi connectivity index (χ1) is 13.6. The van der Waals surface area contributed by atoms with Crippen molar-refractivity contribution in [2.75, 3.05) is 0 Å². The summed E-state index contributed by atoms with van der Waals surface area (Å²) in [7, 11) is 0. The molecule has 2 aromatic carbocycles. The van der Waals surface area contributed by atoms with Gasteiger partial charge in [-0.15, -0.1) is 0 Å². The summed E-state index contributed by atoms with van der Waals surface area (Å²) >= 11 is 0. The fraction of sp³-hybridized carbons (Fsp3) is 0.304. The van der Waals surface area contributed by atoms with Crippen molar-refractivity contribution < 1.29 is 9.82 Å². The molecular weight excluding hydrogens is 350 g/mol. The minimum atomic E-state index is -0.340. The van der Waals surface area contributed by atoms with Crippen LogP contribution in [0, 0.1) is 17.0 Å². The highest BCUT2D eigenvalue weighted by Gasteiger charge is 2.33. The van der Waals surface area contributed by atoms with Gasteiger partial charge < -0.3 is 9.47 Å². The summed E-state index contributed by atoms with van der Waals surface area (Å²) in [5, 5.41) is 10.9. The molecule has 5 heteroatoms. The van der Waals surface area contributed by atoms with Gasteiger partial charge in [0.25, 0.3) is 5.69 Å². The van der Waals surface area contributed by atoms with Gasteiger partial charge in [0, 0.05) is 43.3 Å². The summed E-state index contributed by atoms with van der Waals surface area (Å²) in [5.74, 6) is 0. The molecule has 1 aliphatic carbocycles.